The van der Waals surface area contributed by atoms with Crippen LogP contribution >= 0.6 is 27.5 Å². The fraction of sp³-hybridized carbons (Fsp3) is 0.300. The lowest BCUT2D eigenvalue weighted by atomic mass is 10.00. The number of hydrogen-bond donors (Lipinski definition) is 2. The Morgan fingerprint density at radius 2 is 1.84 bits per heavy atom. The van der Waals surface area contributed by atoms with Gasteiger partial charge in [-0.3, -0.25) is 0 Å². The molecule has 0 saturated heterocycles. The van der Waals surface area contributed by atoms with E-state index in [0.717, 1.165) is 40.8 Å². The first-order chi connectivity index (χ1) is 12.0. The third-order valence-corrected chi connectivity index (χ3v) is 5.33. The zero-order chi connectivity index (χ0) is 18.0. The number of nitrogens with one attached hydrogen (secondary N) is 1. The summed E-state index contributed by atoms with van der Waals surface area (Å²) in [4.78, 5) is 5.71. The van der Waals surface area contributed by atoms with Crippen molar-refractivity contribution in [2.75, 3.05) is 25.5 Å². The number of halogens is 2. The Bertz CT molecular complexity index is 869. The second-order valence-corrected chi connectivity index (χ2v) is 7.77. The average molecular weight is 421 g/mol. The minimum atomic E-state index is 0.722. The number of aromatic amines is 1. The SMILES string of the molecule is CN(C)c1ccc(-c2[nH]c3c(Br)cc(Cl)cc3c2CCCCN)cc1. The Morgan fingerprint density at radius 1 is 1.12 bits per heavy atom. The fourth-order valence-electron chi connectivity index (χ4n) is 3.15. The van der Waals surface area contributed by atoms with Crippen molar-refractivity contribution >= 4 is 44.1 Å². The van der Waals surface area contributed by atoms with Crippen molar-refractivity contribution in [3.63, 3.8) is 0 Å². The Morgan fingerprint density at radius 3 is 2.48 bits per heavy atom. The van der Waals surface area contributed by atoms with Gasteiger partial charge in [0.05, 0.1) is 5.52 Å². The number of H-pyrrole nitrogens is 1. The van der Waals surface area contributed by atoms with E-state index in [1.807, 2.05) is 12.1 Å². The molecule has 0 aliphatic heterocycles. The first-order valence-electron chi connectivity index (χ1n) is 8.48. The second-order valence-electron chi connectivity index (χ2n) is 6.48. The summed E-state index contributed by atoms with van der Waals surface area (Å²) < 4.78 is 0.992. The number of hydrogen-bond acceptors (Lipinski definition) is 2. The Hall–Kier alpha value is -1.49. The molecule has 0 spiro atoms. The number of aromatic nitrogens is 1. The van der Waals surface area contributed by atoms with Crippen LogP contribution in [0.3, 0.4) is 0 Å². The summed E-state index contributed by atoms with van der Waals surface area (Å²) in [6.07, 6.45) is 3.07. The third kappa shape index (κ3) is 3.86. The van der Waals surface area contributed by atoms with Gasteiger partial charge < -0.3 is 15.6 Å². The quantitative estimate of drug-likeness (QED) is 0.510. The minimum Gasteiger partial charge on any atom is -0.378 e. The molecule has 132 valence electrons. The van der Waals surface area contributed by atoms with E-state index >= 15 is 0 Å². The van der Waals surface area contributed by atoms with Crippen molar-refractivity contribution in [2.24, 2.45) is 5.73 Å². The van der Waals surface area contributed by atoms with E-state index in [0.29, 0.717) is 0 Å². The topological polar surface area (TPSA) is 45.0 Å². The van der Waals surface area contributed by atoms with Crippen LogP contribution in [0.25, 0.3) is 22.2 Å². The van der Waals surface area contributed by atoms with Gasteiger partial charge in [0.15, 0.2) is 0 Å². The monoisotopic (exact) mass is 419 g/mol. The average Bonchev–Trinajstić information content (AvgIpc) is 2.94. The van der Waals surface area contributed by atoms with E-state index in [4.69, 9.17) is 17.3 Å². The molecule has 0 radical (unpaired) electrons. The van der Waals surface area contributed by atoms with Gasteiger partial charge in [-0.25, -0.2) is 0 Å². The lowest BCUT2D eigenvalue weighted by molar-refractivity contribution is 0.748. The summed E-state index contributed by atoms with van der Waals surface area (Å²) in [7, 11) is 4.10. The Balaban J connectivity index is 2.12. The van der Waals surface area contributed by atoms with Gasteiger partial charge in [0.1, 0.15) is 0 Å². The maximum Gasteiger partial charge on any atom is 0.0607 e. The number of rotatable bonds is 6. The van der Waals surface area contributed by atoms with E-state index in [2.05, 4.69) is 64.2 Å². The molecule has 3 nitrogen and oxygen atoms in total. The minimum absolute atomic E-state index is 0.722. The molecule has 5 heteroatoms. The normalized spacial score (nSPS) is 11.2. The molecule has 2 aromatic carbocycles. The van der Waals surface area contributed by atoms with Gasteiger partial charge in [-0.15, -0.1) is 0 Å². The van der Waals surface area contributed by atoms with E-state index in [1.165, 1.54) is 27.9 Å². The van der Waals surface area contributed by atoms with Crippen molar-refractivity contribution in [1.82, 2.24) is 4.98 Å². The standard InChI is InChI=1S/C20H23BrClN3/c1-25(2)15-8-6-13(7-9-15)19-16(5-3-4-10-23)17-11-14(22)12-18(21)20(17)24-19/h6-9,11-12,24H,3-5,10,23H2,1-2H3. The van der Waals surface area contributed by atoms with Crippen LogP contribution in [0.15, 0.2) is 40.9 Å². The van der Waals surface area contributed by atoms with Crippen LogP contribution in [0.2, 0.25) is 5.02 Å². The Kier molecular flexibility index (Phi) is 5.72. The third-order valence-electron chi connectivity index (χ3n) is 4.49. The van der Waals surface area contributed by atoms with Crippen LogP contribution < -0.4 is 10.6 Å². The van der Waals surface area contributed by atoms with Crippen LogP contribution in [-0.4, -0.2) is 25.6 Å². The van der Waals surface area contributed by atoms with Gasteiger partial charge in [0.2, 0.25) is 0 Å². The number of nitrogens with zero attached hydrogens (tertiary/aromatic N) is 1. The summed E-state index contributed by atoms with van der Waals surface area (Å²) in [5, 5.41) is 1.93. The number of fused-ring (bicyclic) bond motifs is 1. The number of anilines is 1. The summed E-state index contributed by atoms with van der Waals surface area (Å²) in [6.45, 7) is 0.722. The summed E-state index contributed by atoms with van der Waals surface area (Å²) in [5.41, 5.74) is 11.6. The Labute approximate surface area is 162 Å². The van der Waals surface area contributed by atoms with E-state index in [9.17, 15) is 0 Å². The molecule has 25 heavy (non-hydrogen) atoms. The molecule has 0 unspecified atom stereocenters. The van der Waals surface area contributed by atoms with Gasteiger partial charge in [-0.05, 0) is 77.1 Å². The molecule has 1 heterocycles. The van der Waals surface area contributed by atoms with Crippen molar-refractivity contribution in [3.8, 4) is 11.3 Å². The number of nitrogens with two attached hydrogens (primary N) is 1. The summed E-state index contributed by atoms with van der Waals surface area (Å²) in [5.74, 6) is 0. The van der Waals surface area contributed by atoms with Gasteiger partial charge in [0.25, 0.3) is 0 Å². The molecule has 0 fully saturated rings. The summed E-state index contributed by atoms with van der Waals surface area (Å²) in [6, 6.07) is 12.6. The maximum atomic E-state index is 6.30. The van der Waals surface area contributed by atoms with Crippen LogP contribution in [0, 0.1) is 0 Å². The molecule has 0 bridgehead atoms. The van der Waals surface area contributed by atoms with E-state index < -0.39 is 0 Å². The van der Waals surface area contributed by atoms with Gasteiger partial charge in [0, 0.05) is 40.4 Å². The predicted octanol–water partition coefficient (Wildman–Crippen LogP) is 5.60. The van der Waals surface area contributed by atoms with Crippen LogP contribution in [0.5, 0.6) is 0 Å². The molecule has 0 atom stereocenters. The predicted molar refractivity (Wildman–Crippen MR) is 113 cm³/mol. The zero-order valence-electron chi connectivity index (χ0n) is 14.6. The lowest BCUT2D eigenvalue weighted by Crippen LogP contribution is -2.07. The molecule has 3 aromatic rings. The van der Waals surface area contributed by atoms with E-state index in [1.54, 1.807) is 0 Å². The van der Waals surface area contributed by atoms with Crippen molar-refractivity contribution in [1.29, 1.82) is 0 Å². The fourth-order valence-corrected chi connectivity index (χ4v) is 4.06. The largest absolute Gasteiger partial charge is 0.378 e. The highest BCUT2D eigenvalue weighted by molar-refractivity contribution is 9.10. The molecule has 3 N–H and O–H groups in total. The van der Waals surface area contributed by atoms with Gasteiger partial charge >= 0.3 is 0 Å². The number of unbranched alkanes of at least 4 members (excludes halogenated alkanes) is 1. The molecule has 0 saturated carbocycles. The molecule has 0 aliphatic carbocycles. The van der Waals surface area contributed by atoms with Crippen LogP contribution in [0.4, 0.5) is 5.69 Å². The lowest BCUT2D eigenvalue weighted by Gasteiger charge is -2.13. The molecule has 0 amide bonds. The molecule has 3 rings (SSSR count). The number of benzene rings is 2. The highest BCUT2D eigenvalue weighted by atomic mass is 79.9. The summed E-state index contributed by atoms with van der Waals surface area (Å²) >= 11 is 9.94. The highest BCUT2D eigenvalue weighted by Gasteiger charge is 2.15. The highest BCUT2D eigenvalue weighted by Crippen LogP contribution is 2.37. The van der Waals surface area contributed by atoms with Crippen molar-refractivity contribution in [2.45, 2.75) is 19.3 Å². The van der Waals surface area contributed by atoms with Crippen LogP contribution in [-0.2, 0) is 6.42 Å². The van der Waals surface area contributed by atoms with Crippen LogP contribution in [0.1, 0.15) is 18.4 Å². The maximum absolute atomic E-state index is 6.30. The first kappa shape index (κ1) is 18.3. The van der Waals surface area contributed by atoms with Crippen molar-refractivity contribution < 1.29 is 0 Å². The molecular weight excluding hydrogens is 398 g/mol. The number of aryl methyl sites for hydroxylation is 1. The van der Waals surface area contributed by atoms with E-state index in [-0.39, 0.29) is 0 Å². The smallest absolute Gasteiger partial charge is 0.0607 e. The zero-order valence-corrected chi connectivity index (χ0v) is 16.9. The first-order valence-corrected chi connectivity index (χ1v) is 9.65. The molecule has 1 aromatic heterocycles. The van der Waals surface area contributed by atoms with Crippen molar-refractivity contribution in [3.05, 3.63) is 51.5 Å². The van der Waals surface area contributed by atoms with Gasteiger partial charge in [-0.1, -0.05) is 23.7 Å². The molecule has 0 aliphatic rings. The van der Waals surface area contributed by atoms with Gasteiger partial charge in [-0.2, -0.15) is 0 Å². The second kappa shape index (κ2) is 7.81. The molecular formula is C20H23BrClN3.